The third-order valence-corrected chi connectivity index (χ3v) is 4.38. The fourth-order valence-corrected chi connectivity index (χ4v) is 2.72. The van der Waals surface area contributed by atoms with Crippen molar-refractivity contribution in [2.75, 3.05) is 17.6 Å². The molecule has 0 spiro atoms. The molecular formula is C20H22N2OS. The van der Waals surface area contributed by atoms with Crippen molar-refractivity contribution in [1.82, 2.24) is 0 Å². The Labute approximate surface area is 148 Å². The van der Waals surface area contributed by atoms with Crippen molar-refractivity contribution in [3.05, 3.63) is 72.3 Å². The number of thiol groups is 1. The molecule has 0 aromatic heterocycles. The molecule has 0 heterocycles. The van der Waals surface area contributed by atoms with Gasteiger partial charge in [0.25, 0.3) is 0 Å². The molecule has 0 saturated carbocycles. The SMILES string of the molecule is N[C@@H](CS)CNc1cccc(OCc2cccc3ccccc23)c1. The van der Waals surface area contributed by atoms with Gasteiger partial charge in [-0.05, 0) is 28.5 Å². The van der Waals surface area contributed by atoms with Crippen molar-refractivity contribution in [3.8, 4) is 5.75 Å². The number of nitrogens with two attached hydrogens (primary N) is 1. The maximum Gasteiger partial charge on any atom is 0.121 e. The Morgan fingerprint density at radius 2 is 1.79 bits per heavy atom. The van der Waals surface area contributed by atoms with E-state index in [4.69, 9.17) is 10.5 Å². The molecule has 0 unspecified atom stereocenters. The van der Waals surface area contributed by atoms with Crippen molar-refractivity contribution < 1.29 is 4.74 Å². The van der Waals surface area contributed by atoms with Crippen molar-refractivity contribution in [3.63, 3.8) is 0 Å². The van der Waals surface area contributed by atoms with Gasteiger partial charge in [-0.15, -0.1) is 0 Å². The number of hydrogen-bond acceptors (Lipinski definition) is 4. The first kappa shape index (κ1) is 16.7. The fourth-order valence-electron chi connectivity index (χ4n) is 2.59. The monoisotopic (exact) mass is 338 g/mol. The molecule has 0 fully saturated rings. The van der Waals surface area contributed by atoms with Crippen LogP contribution in [0.5, 0.6) is 5.75 Å². The molecule has 0 aliphatic rings. The van der Waals surface area contributed by atoms with Gasteiger partial charge in [0.15, 0.2) is 0 Å². The van der Waals surface area contributed by atoms with Crippen LogP contribution in [0.3, 0.4) is 0 Å². The molecular weight excluding hydrogens is 316 g/mol. The van der Waals surface area contributed by atoms with Gasteiger partial charge in [0.2, 0.25) is 0 Å². The van der Waals surface area contributed by atoms with Crippen molar-refractivity contribution in [2.45, 2.75) is 12.6 Å². The molecule has 0 aliphatic carbocycles. The third-order valence-electron chi connectivity index (χ3n) is 3.91. The van der Waals surface area contributed by atoms with Crippen LogP contribution < -0.4 is 15.8 Å². The minimum absolute atomic E-state index is 0.0357. The Bertz CT molecular complexity index is 801. The maximum atomic E-state index is 5.99. The topological polar surface area (TPSA) is 47.3 Å². The summed E-state index contributed by atoms with van der Waals surface area (Å²) in [6.45, 7) is 1.23. The van der Waals surface area contributed by atoms with Gasteiger partial charge in [0, 0.05) is 30.1 Å². The second-order valence-corrected chi connectivity index (χ2v) is 6.14. The molecule has 124 valence electrons. The molecule has 3 aromatic carbocycles. The van der Waals surface area contributed by atoms with Crippen LogP contribution in [0, 0.1) is 0 Å². The minimum Gasteiger partial charge on any atom is -0.489 e. The number of ether oxygens (including phenoxy) is 1. The molecule has 0 bridgehead atoms. The predicted octanol–water partition coefficient (Wildman–Crippen LogP) is 4.09. The van der Waals surface area contributed by atoms with E-state index in [0.717, 1.165) is 11.4 Å². The quantitative estimate of drug-likeness (QED) is 0.569. The van der Waals surface area contributed by atoms with Crippen LogP contribution in [0.4, 0.5) is 5.69 Å². The Balaban J connectivity index is 1.68. The van der Waals surface area contributed by atoms with E-state index >= 15 is 0 Å². The van der Waals surface area contributed by atoms with E-state index in [1.54, 1.807) is 0 Å². The third kappa shape index (κ3) is 4.22. The molecule has 3 rings (SSSR count). The smallest absolute Gasteiger partial charge is 0.121 e. The lowest BCUT2D eigenvalue weighted by Crippen LogP contribution is -2.30. The van der Waals surface area contributed by atoms with Crippen molar-refractivity contribution >= 4 is 29.1 Å². The molecule has 3 nitrogen and oxygen atoms in total. The summed E-state index contributed by atoms with van der Waals surface area (Å²) in [5.74, 6) is 1.50. The van der Waals surface area contributed by atoms with Crippen LogP contribution >= 0.6 is 12.6 Å². The van der Waals surface area contributed by atoms with E-state index in [-0.39, 0.29) is 6.04 Å². The minimum atomic E-state index is 0.0357. The molecule has 0 saturated heterocycles. The van der Waals surface area contributed by atoms with Gasteiger partial charge in [-0.3, -0.25) is 0 Å². The summed E-state index contributed by atoms with van der Waals surface area (Å²) in [5.41, 5.74) is 8.06. The van der Waals surface area contributed by atoms with Crippen LogP contribution in [0.2, 0.25) is 0 Å². The highest BCUT2D eigenvalue weighted by atomic mass is 32.1. The van der Waals surface area contributed by atoms with E-state index in [9.17, 15) is 0 Å². The maximum absolute atomic E-state index is 5.99. The summed E-state index contributed by atoms with van der Waals surface area (Å²) < 4.78 is 5.99. The van der Waals surface area contributed by atoms with Gasteiger partial charge >= 0.3 is 0 Å². The number of benzene rings is 3. The van der Waals surface area contributed by atoms with E-state index < -0.39 is 0 Å². The molecule has 4 heteroatoms. The molecule has 24 heavy (non-hydrogen) atoms. The highest BCUT2D eigenvalue weighted by molar-refractivity contribution is 7.80. The van der Waals surface area contributed by atoms with E-state index in [1.807, 2.05) is 24.3 Å². The molecule has 1 atom stereocenters. The first-order valence-corrected chi connectivity index (χ1v) is 8.69. The van der Waals surface area contributed by atoms with Crippen molar-refractivity contribution in [1.29, 1.82) is 0 Å². The lowest BCUT2D eigenvalue weighted by Gasteiger charge is -2.13. The average Bonchev–Trinajstić information content (AvgIpc) is 2.64. The summed E-state index contributed by atoms with van der Waals surface area (Å²) in [4.78, 5) is 0. The zero-order valence-corrected chi connectivity index (χ0v) is 14.4. The second-order valence-electron chi connectivity index (χ2n) is 5.78. The summed E-state index contributed by atoms with van der Waals surface area (Å²) in [6.07, 6.45) is 0. The number of anilines is 1. The predicted molar refractivity (Wildman–Crippen MR) is 105 cm³/mol. The largest absolute Gasteiger partial charge is 0.489 e. The van der Waals surface area contributed by atoms with Crippen molar-refractivity contribution in [2.24, 2.45) is 5.73 Å². The van der Waals surface area contributed by atoms with Crippen LogP contribution in [0.1, 0.15) is 5.56 Å². The summed E-state index contributed by atoms with van der Waals surface area (Å²) in [7, 11) is 0. The lowest BCUT2D eigenvalue weighted by molar-refractivity contribution is 0.308. The zero-order valence-electron chi connectivity index (χ0n) is 13.5. The van der Waals surface area contributed by atoms with E-state index in [0.29, 0.717) is 18.9 Å². The van der Waals surface area contributed by atoms with Gasteiger partial charge < -0.3 is 15.8 Å². The fraction of sp³-hybridized carbons (Fsp3) is 0.200. The summed E-state index contributed by atoms with van der Waals surface area (Å²) in [6, 6.07) is 22.6. The summed E-state index contributed by atoms with van der Waals surface area (Å²) >= 11 is 4.20. The Morgan fingerprint density at radius 3 is 2.67 bits per heavy atom. The molecule has 0 radical (unpaired) electrons. The van der Waals surface area contributed by atoms with Gasteiger partial charge in [-0.25, -0.2) is 0 Å². The van der Waals surface area contributed by atoms with Crippen LogP contribution in [0.15, 0.2) is 66.7 Å². The van der Waals surface area contributed by atoms with Crippen LogP contribution in [-0.4, -0.2) is 18.3 Å². The Morgan fingerprint density at radius 1 is 1.00 bits per heavy atom. The highest BCUT2D eigenvalue weighted by Crippen LogP contribution is 2.22. The summed E-state index contributed by atoms with van der Waals surface area (Å²) in [5, 5.41) is 5.77. The highest BCUT2D eigenvalue weighted by Gasteiger charge is 2.03. The van der Waals surface area contributed by atoms with E-state index in [2.05, 4.69) is 60.4 Å². The number of rotatable bonds is 7. The standard InChI is InChI=1S/C20H22N2OS/c21-17(14-24)12-22-18-8-4-9-19(11-18)23-13-16-7-3-6-15-5-1-2-10-20(15)16/h1-11,17,22,24H,12-14,21H2/t17-/m1/s1. The normalized spacial score (nSPS) is 12.1. The van der Waals surface area contributed by atoms with Gasteiger partial charge in [0.05, 0.1) is 0 Å². The second kappa shape index (κ2) is 8.08. The Kier molecular flexibility index (Phi) is 5.62. The number of nitrogens with one attached hydrogen (secondary N) is 1. The lowest BCUT2D eigenvalue weighted by atomic mass is 10.1. The molecule has 0 amide bonds. The first-order valence-electron chi connectivity index (χ1n) is 8.06. The van der Waals surface area contributed by atoms with E-state index in [1.165, 1.54) is 16.3 Å². The van der Waals surface area contributed by atoms with Crippen LogP contribution in [-0.2, 0) is 6.61 Å². The molecule has 3 N–H and O–H groups in total. The van der Waals surface area contributed by atoms with Gasteiger partial charge in [-0.2, -0.15) is 12.6 Å². The van der Waals surface area contributed by atoms with Crippen LogP contribution in [0.25, 0.3) is 10.8 Å². The number of hydrogen-bond donors (Lipinski definition) is 3. The zero-order chi connectivity index (χ0) is 16.8. The van der Waals surface area contributed by atoms with Gasteiger partial charge in [-0.1, -0.05) is 48.5 Å². The molecule has 3 aromatic rings. The molecule has 0 aliphatic heterocycles. The average molecular weight is 338 g/mol. The Hall–Kier alpha value is -2.17. The number of fused-ring (bicyclic) bond motifs is 1. The first-order chi connectivity index (χ1) is 11.8. The van der Waals surface area contributed by atoms with Gasteiger partial charge in [0.1, 0.15) is 12.4 Å².